The molecule has 0 radical (unpaired) electrons. The summed E-state index contributed by atoms with van der Waals surface area (Å²) < 4.78 is 5.78. The Balaban J connectivity index is 0.00000338. The number of nitrogens with one attached hydrogen (secondary N) is 3. The van der Waals surface area contributed by atoms with E-state index in [-0.39, 0.29) is 35.5 Å². The van der Waals surface area contributed by atoms with Gasteiger partial charge in [-0.05, 0) is 43.9 Å². The van der Waals surface area contributed by atoms with Gasteiger partial charge in [0.25, 0.3) is 0 Å². The minimum Gasteiger partial charge on any atom is -0.373 e. The van der Waals surface area contributed by atoms with Crippen molar-refractivity contribution in [3.63, 3.8) is 0 Å². The van der Waals surface area contributed by atoms with Crippen molar-refractivity contribution in [1.82, 2.24) is 10.6 Å². The fraction of sp³-hybridized carbons (Fsp3) is 0.579. The summed E-state index contributed by atoms with van der Waals surface area (Å²) in [6, 6.07) is 7.86. The van der Waals surface area contributed by atoms with E-state index in [0.29, 0.717) is 13.0 Å². The Labute approximate surface area is 173 Å². The van der Waals surface area contributed by atoms with E-state index in [1.165, 1.54) is 0 Å². The van der Waals surface area contributed by atoms with Gasteiger partial charge in [0.1, 0.15) is 0 Å². The quantitative estimate of drug-likeness (QED) is 0.322. The zero-order chi connectivity index (χ0) is 18.1. The fourth-order valence-electron chi connectivity index (χ4n) is 2.81. The molecule has 26 heavy (non-hydrogen) atoms. The van der Waals surface area contributed by atoms with Crippen LogP contribution in [0.3, 0.4) is 0 Å². The van der Waals surface area contributed by atoms with Crippen molar-refractivity contribution >= 4 is 41.5 Å². The maximum atomic E-state index is 11.6. The molecule has 1 aromatic carbocycles. The molecular weight excluding hydrogens is 443 g/mol. The zero-order valence-electron chi connectivity index (χ0n) is 15.9. The highest BCUT2D eigenvalue weighted by atomic mass is 127. The van der Waals surface area contributed by atoms with Crippen LogP contribution >= 0.6 is 24.0 Å². The molecule has 0 bridgehead atoms. The predicted octanol–water partition coefficient (Wildman–Crippen LogP) is 3.28. The highest BCUT2D eigenvalue weighted by Crippen LogP contribution is 2.23. The van der Waals surface area contributed by atoms with E-state index in [2.05, 4.69) is 27.9 Å². The summed E-state index contributed by atoms with van der Waals surface area (Å²) in [7, 11) is 1.76. The summed E-state index contributed by atoms with van der Waals surface area (Å²) in [6.07, 6.45) is 3.59. The number of hydrogen-bond donors (Lipinski definition) is 3. The number of nitrogens with zero attached hydrogens (tertiary/aromatic N) is 1. The predicted molar refractivity (Wildman–Crippen MR) is 117 cm³/mol. The number of benzene rings is 1. The van der Waals surface area contributed by atoms with E-state index in [9.17, 15) is 4.79 Å². The minimum absolute atomic E-state index is 0. The SMILES string of the molecule is CCCC(=O)Nc1ccc(CNC(=NC)NCC2(C)CCCO2)cc1.I. The Hall–Kier alpha value is -1.35. The Morgan fingerprint density at radius 2 is 2.00 bits per heavy atom. The van der Waals surface area contributed by atoms with Crippen LogP contribution in [0.15, 0.2) is 29.3 Å². The first-order valence-corrected chi connectivity index (χ1v) is 9.02. The lowest BCUT2D eigenvalue weighted by molar-refractivity contribution is -0.116. The molecule has 7 heteroatoms. The van der Waals surface area contributed by atoms with Crippen LogP contribution in [0.5, 0.6) is 0 Å². The molecule has 0 saturated carbocycles. The molecule has 2 rings (SSSR count). The number of aliphatic imine (C=N–C) groups is 1. The third-order valence-corrected chi connectivity index (χ3v) is 4.33. The van der Waals surface area contributed by atoms with Crippen LogP contribution in [0.4, 0.5) is 5.69 Å². The van der Waals surface area contributed by atoms with Crippen LogP contribution in [-0.4, -0.2) is 37.7 Å². The molecule has 1 aromatic rings. The average Bonchev–Trinajstić information content (AvgIpc) is 3.03. The van der Waals surface area contributed by atoms with Crippen molar-refractivity contribution in [2.45, 2.75) is 51.7 Å². The molecule has 3 N–H and O–H groups in total. The zero-order valence-corrected chi connectivity index (χ0v) is 18.3. The van der Waals surface area contributed by atoms with Crippen LogP contribution in [0.25, 0.3) is 0 Å². The van der Waals surface area contributed by atoms with Gasteiger partial charge in [-0.15, -0.1) is 24.0 Å². The van der Waals surface area contributed by atoms with Gasteiger partial charge in [0.05, 0.1) is 5.60 Å². The third-order valence-electron chi connectivity index (χ3n) is 4.33. The van der Waals surface area contributed by atoms with Gasteiger partial charge in [-0.25, -0.2) is 0 Å². The number of ether oxygens (including phenoxy) is 1. The lowest BCUT2D eigenvalue weighted by Crippen LogP contribution is -2.45. The van der Waals surface area contributed by atoms with Crippen molar-refractivity contribution in [3.05, 3.63) is 29.8 Å². The van der Waals surface area contributed by atoms with E-state index < -0.39 is 0 Å². The summed E-state index contributed by atoms with van der Waals surface area (Å²) in [5.74, 6) is 0.817. The van der Waals surface area contributed by atoms with E-state index in [4.69, 9.17) is 4.74 Å². The van der Waals surface area contributed by atoms with Crippen LogP contribution in [0.1, 0.15) is 45.1 Å². The molecule has 1 fully saturated rings. The molecule has 1 amide bonds. The maximum absolute atomic E-state index is 11.6. The molecule has 6 nitrogen and oxygen atoms in total. The second kappa shape index (κ2) is 11.4. The van der Waals surface area contributed by atoms with E-state index in [1.54, 1.807) is 7.05 Å². The molecule has 1 unspecified atom stereocenters. The van der Waals surface area contributed by atoms with E-state index >= 15 is 0 Å². The van der Waals surface area contributed by atoms with Crippen molar-refractivity contribution in [2.24, 2.45) is 4.99 Å². The first-order chi connectivity index (χ1) is 12.0. The van der Waals surface area contributed by atoms with Gasteiger partial charge in [-0.1, -0.05) is 19.1 Å². The number of anilines is 1. The summed E-state index contributed by atoms with van der Waals surface area (Å²) in [4.78, 5) is 15.9. The van der Waals surface area contributed by atoms with E-state index in [1.807, 2.05) is 31.2 Å². The number of rotatable bonds is 7. The summed E-state index contributed by atoms with van der Waals surface area (Å²) in [5, 5.41) is 9.53. The normalized spacial score (nSPS) is 19.6. The van der Waals surface area contributed by atoms with Gasteiger partial charge in [0, 0.05) is 38.9 Å². The minimum atomic E-state index is -0.101. The topological polar surface area (TPSA) is 74.8 Å². The second-order valence-electron chi connectivity index (χ2n) is 6.68. The molecule has 1 atom stereocenters. The van der Waals surface area contributed by atoms with Gasteiger partial charge >= 0.3 is 0 Å². The largest absolute Gasteiger partial charge is 0.373 e. The molecule has 146 valence electrons. The number of halogens is 1. The van der Waals surface area contributed by atoms with Crippen LogP contribution in [0.2, 0.25) is 0 Å². The molecule has 0 aromatic heterocycles. The highest BCUT2D eigenvalue weighted by Gasteiger charge is 2.29. The number of carbonyl (C=O) groups excluding carboxylic acids is 1. The van der Waals surface area contributed by atoms with Crippen molar-refractivity contribution in [1.29, 1.82) is 0 Å². The van der Waals surface area contributed by atoms with Gasteiger partial charge in [0.15, 0.2) is 5.96 Å². The standard InChI is InChI=1S/C19H30N4O2.HI/c1-4-6-17(24)23-16-9-7-15(8-10-16)13-21-18(20-3)22-14-19(2)11-5-12-25-19;/h7-10H,4-6,11-14H2,1-3H3,(H,23,24)(H2,20,21,22);1H. The first kappa shape index (κ1) is 22.7. The number of amides is 1. The average molecular weight is 474 g/mol. The molecule has 0 spiro atoms. The summed E-state index contributed by atoms with van der Waals surface area (Å²) >= 11 is 0. The second-order valence-corrected chi connectivity index (χ2v) is 6.68. The van der Waals surface area contributed by atoms with Crippen molar-refractivity contribution in [2.75, 3.05) is 25.5 Å². The number of guanidine groups is 1. The molecular formula is C19H31IN4O2. The molecule has 1 aliphatic rings. The summed E-state index contributed by atoms with van der Waals surface area (Å²) in [6.45, 7) is 6.38. The Bertz CT molecular complexity index is 584. The number of carbonyl (C=O) groups is 1. The van der Waals surface area contributed by atoms with Crippen molar-refractivity contribution in [3.8, 4) is 0 Å². The lowest BCUT2D eigenvalue weighted by atomic mass is 10.0. The smallest absolute Gasteiger partial charge is 0.224 e. The van der Waals surface area contributed by atoms with Crippen LogP contribution in [-0.2, 0) is 16.1 Å². The molecule has 1 saturated heterocycles. The molecule has 0 aliphatic carbocycles. The number of hydrogen-bond acceptors (Lipinski definition) is 3. The van der Waals surface area contributed by atoms with Crippen molar-refractivity contribution < 1.29 is 9.53 Å². The van der Waals surface area contributed by atoms with Gasteiger partial charge in [-0.2, -0.15) is 0 Å². The van der Waals surface area contributed by atoms with Gasteiger partial charge in [-0.3, -0.25) is 9.79 Å². The van der Waals surface area contributed by atoms with Gasteiger partial charge in [0.2, 0.25) is 5.91 Å². The van der Waals surface area contributed by atoms with E-state index in [0.717, 1.165) is 49.6 Å². The fourth-order valence-corrected chi connectivity index (χ4v) is 2.81. The first-order valence-electron chi connectivity index (χ1n) is 9.02. The van der Waals surface area contributed by atoms with Gasteiger partial charge < -0.3 is 20.7 Å². The third kappa shape index (κ3) is 7.49. The maximum Gasteiger partial charge on any atom is 0.224 e. The summed E-state index contributed by atoms with van der Waals surface area (Å²) in [5.41, 5.74) is 1.85. The lowest BCUT2D eigenvalue weighted by Gasteiger charge is -2.24. The molecule has 1 aliphatic heterocycles. The Morgan fingerprint density at radius 1 is 1.27 bits per heavy atom. The Kier molecular flexibility index (Phi) is 9.93. The Morgan fingerprint density at radius 3 is 2.58 bits per heavy atom. The monoisotopic (exact) mass is 474 g/mol. The van der Waals surface area contributed by atoms with Crippen LogP contribution < -0.4 is 16.0 Å². The van der Waals surface area contributed by atoms with Crippen LogP contribution in [0, 0.1) is 0 Å². The highest BCUT2D eigenvalue weighted by molar-refractivity contribution is 14.0. The molecule has 1 heterocycles.